The molecule has 0 atom stereocenters. The van der Waals surface area contributed by atoms with Crippen molar-refractivity contribution >= 4 is 8.24 Å². The second-order valence-electron chi connectivity index (χ2n) is 12.0. The SMILES string of the molecule is CC[Si](N)(CCC(F)(F)C(F)(F)C(F)(F)C(F)(F)C(F)(F)C(F)(F)C(F)(F)C(F)(F)F)CCC(F)(F)C(F)(F)C(F)(F)C(F)(F)C(F)(F)C(F)(F)C(F)(F)C(F)(F)F. The molecular weight excluding hydrogens is 952 g/mol. The minimum Gasteiger partial charge on any atom is -0.351 e. The van der Waals surface area contributed by atoms with E-state index in [9.17, 15) is 149 Å². The van der Waals surface area contributed by atoms with Crippen LogP contribution in [0.1, 0.15) is 19.8 Å². The monoisotopic (exact) mass is 967 g/mol. The largest absolute Gasteiger partial charge is 0.460 e. The summed E-state index contributed by atoms with van der Waals surface area (Å²) in [5.41, 5.74) is 0. The van der Waals surface area contributed by atoms with Crippen molar-refractivity contribution in [2.24, 2.45) is 5.40 Å². The molecule has 0 rings (SSSR count). The highest BCUT2D eigenvalue weighted by atomic mass is 28.3. The Morgan fingerprint density at radius 1 is 0.276 bits per heavy atom. The molecule has 0 aliphatic carbocycles. The van der Waals surface area contributed by atoms with E-state index in [2.05, 4.69) is 0 Å². The number of hydrogen-bond donors (Lipinski definition) is 1. The topological polar surface area (TPSA) is 26.0 Å². The van der Waals surface area contributed by atoms with E-state index >= 15 is 0 Å². The summed E-state index contributed by atoms with van der Waals surface area (Å²) < 4.78 is 457. The van der Waals surface area contributed by atoms with Crippen LogP contribution in [-0.4, -0.2) is 104 Å². The first-order valence-corrected chi connectivity index (χ1v) is 16.4. The van der Waals surface area contributed by atoms with Gasteiger partial charge in [-0.3, -0.25) is 0 Å². The first-order valence-electron chi connectivity index (χ1n) is 13.7. The van der Waals surface area contributed by atoms with Gasteiger partial charge in [0.15, 0.2) is 0 Å². The van der Waals surface area contributed by atoms with Gasteiger partial charge in [0.05, 0.1) is 0 Å². The van der Waals surface area contributed by atoms with Gasteiger partial charge in [-0.25, -0.2) is 0 Å². The van der Waals surface area contributed by atoms with Crippen LogP contribution >= 0.6 is 0 Å². The molecule has 0 aromatic rings. The molecule has 0 aromatic carbocycles. The Hall–Kier alpha value is -2.20. The van der Waals surface area contributed by atoms with E-state index in [1.807, 2.05) is 0 Å². The molecule has 0 heterocycles. The summed E-state index contributed by atoms with van der Waals surface area (Å²) in [6.07, 6.45) is -23.2. The van der Waals surface area contributed by atoms with E-state index in [1.165, 1.54) is 0 Å². The first kappa shape index (κ1) is 55.8. The third kappa shape index (κ3) is 7.56. The average Bonchev–Trinajstić information content (AvgIpc) is 3.00. The Morgan fingerprint density at radius 2 is 0.431 bits per heavy atom. The Kier molecular flexibility index (Phi) is 13.9. The molecule has 2 N–H and O–H groups in total. The van der Waals surface area contributed by atoms with Crippen LogP contribution in [0.25, 0.3) is 0 Å². The molecule has 1 nitrogen and oxygen atoms in total. The zero-order valence-electron chi connectivity index (χ0n) is 26.5. The maximum absolute atomic E-state index is 14.3. The van der Waals surface area contributed by atoms with Crippen molar-refractivity contribution in [1.29, 1.82) is 0 Å². The lowest BCUT2D eigenvalue weighted by molar-refractivity contribution is -0.461. The lowest BCUT2D eigenvalue weighted by Crippen LogP contribution is -2.74. The van der Waals surface area contributed by atoms with Crippen LogP contribution in [0.3, 0.4) is 0 Å². The van der Waals surface area contributed by atoms with E-state index in [0.717, 1.165) is 0 Å². The molecule has 0 fully saturated rings. The smallest absolute Gasteiger partial charge is 0.351 e. The second-order valence-corrected chi connectivity index (χ2v) is 16.4. The lowest BCUT2D eigenvalue weighted by Gasteiger charge is -2.43. The number of nitrogens with two attached hydrogens (primary N) is 1. The van der Waals surface area contributed by atoms with Crippen molar-refractivity contribution in [3.05, 3.63) is 0 Å². The van der Waals surface area contributed by atoms with Gasteiger partial charge in [0.25, 0.3) is 0 Å². The molecule has 0 radical (unpaired) electrons. The molecule has 0 aliphatic rings. The fourth-order valence-electron chi connectivity index (χ4n) is 4.00. The minimum atomic E-state index is -9.10. The Labute approximate surface area is 297 Å². The third-order valence-corrected chi connectivity index (χ3v) is 12.1. The molecule has 0 aliphatic heterocycles. The van der Waals surface area contributed by atoms with Gasteiger partial charge < -0.3 is 5.40 Å². The number of hydrogen-bond acceptors (Lipinski definition) is 1. The lowest BCUT2D eigenvalue weighted by atomic mass is 9.88. The predicted octanol–water partition coefficient (Wildman–Crippen LogP) is 12.7. The summed E-state index contributed by atoms with van der Waals surface area (Å²) in [7, 11) is -5.51. The molecule has 0 saturated heterocycles. The number of halogens is 34. The molecular formula is C22H15F34NSi. The summed E-state index contributed by atoms with van der Waals surface area (Å²) in [5, 5.41) is 5.11. The summed E-state index contributed by atoms with van der Waals surface area (Å²) in [6.45, 7) is 0.317. The van der Waals surface area contributed by atoms with Crippen LogP contribution in [-0.2, 0) is 0 Å². The maximum atomic E-state index is 14.3. The highest BCUT2D eigenvalue weighted by Crippen LogP contribution is 2.66. The molecule has 0 aromatic heterocycles. The van der Waals surface area contributed by atoms with Gasteiger partial charge in [-0.1, -0.05) is 6.92 Å². The van der Waals surface area contributed by atoms with E-state index in [0.29, 0.717) is 6.92 Å². The predicted molar refractivity (Wildman–Crippen MR) is 121 cm³/mol. The van der Waals surface area contributed by atoms with Gasteiger partial charge in [0, 0.05) is 12.8 Å². The summed E-state index contributed by atoms with van der Waals surface area (Å²) in [4.78, 5) is 0. The fraction of sp³-hybridized carbons (Fsp3) is 1.00. The van der Waals surface area contributed by atoms with Crippen molar-refractivity contribution in [2.45, 2.75) is 133 Å². The zero-order chi connectivity index (χ0) is 48.0. The van der Waals surface area contributed by atoms with E-state index in [4.69, 9.17) is 5.40 Å². The molecule has 0 amide bonds. The Bertz CT molecular complexity index is 1330. The molecule has 58 heavy (non-hydrogen) atoms. The van der Waals surface area contributed by atoms with E-state index < -0.39 is 134 Å². The summed E-state index contributed by atoms with van der Waals surface area (Å²) in [5.74, 6) is -120. The van der Waals surface area contributed by atoms with Gasteiger partial charge in [-0.15, -0.1) is 0 Å². The normalized spacial score (nSPS) is 17.0. The Morgan fingerprint density at radius 3 is 0.586 bits per heavy atom. The first-order chi connectivity index (χ1) is 24.5. The van der Waals surface area contributed by atoms with Crippen LogP contribution in [0.4, 0.5) is 149 Å². The quantitative estimate of drug-likeness (QED) is 0.101. The fourth-order valence-corrected chi connectivity index (χ4v) is 6.58. The van der Waals surface area contributed by atoms with Gasteiger partial charge in [0.1, 0.15) is 8.24 Å². The zero-order valence-corrected chi connectivity index (χ0v) is 27.5. The van der Waals surface area contributed by atoms with Gasteiger partial charge in [0.2, 0.25) is 0 Å². The number of rotatable bonds is 19. The van der Waals surface area contributed by atoms with Gasteiger partial charge >= 0.3 is 95.3 Å². The van der Waals surface area contributed by atoms with Crippen molar-refractivity contribution in [2.75, 3.05) is 0 Å². The number of alkyl halides is 34. The van der Waals surface area contributed by atoms with Crippen LogP contribution in [0.2, 0.25) is 18.1 Å². The molecule has 0 unspecified atom stereocenters. The molecule has 350 valence electrons. The molecule has 0 bridgehead atoms. The Balaban J connectivity index is 6.80. The molecule has 36 heteroatoms. The van der Waals surface area contributed by atoms with Crippen molar-refractivity contribution in [3.63, 3.8) is 0 Å². The second kappa shape index (κ2) is 14.4. The van der Waals surface area contributed by atoms with Crippen LogP contribution in [0.15, 0.2) is 0 Å². The van der Waals surface area contributed by atoms with Crippen molar-refractivity contribution < 1.29 is 149 Å². The van der Waals surface area contributed by atoms with E-state index in [-0.39, 0.29) is 0 Å². The summed E-state index contributed by atoms with van der Waals surface area (Å²) >= 11 is 0. The average molecular weight is 967 g/mol. The molecule has 0 spiro atoms. The maximum Gasteiger partial charge on any atom is 0.460 e. The molecule has 0 saturated carbocycles. The van der Waals surface area contributed by atoms with Crippen LogP contribution < -0.4 is 5.40 Å². The highest BCUT2D eigenvalue weighted by Gasteiger charge is 2.97. The van der Waals surface area contributed by atoms with Crippen LogP contribution in [0.5, 0.6) is 0 Å². The van der Waals surface area contributed by atoms with Crippen molar-refractivity contribution in [3.8, 4) is 0 Å². The third-order valence-electron chi connectivity index (χ3n) is 8.15. The summed E-state index contributed by atoms with van der Waals surface area (Å²) in [6, 6.07) is -6.59. The highest BCUT2D eigenvalue weighted by molar-refractivity contribution is 6.76. The van der Waals surface area contributed by atoms with Crippen LogP contribution in [0, 0.1) is 0 Å². The van der Waals surface area contributed by atoms with Gasteiger partial charge in [-0.05, 0) is 18.1 Å². The standard InChI is InChI=1S/C22H15F34NSi/c1-2-58(57,5-3-7(23,24)9(27,28)11(31,32)13(35,36)15(39,40)17(43,44)19(47,48)21(51,52)53)6-4-8(25,26)10(29,30)12(33,34)14(37,38)16(41,42)18(45,46)20(49,50)22(54,55)56/h2-6,57H2,1H3. The van der Waals surface area contributed by atoms with Crippen molar-refractivity contribution in [1.82, 2.24) is 0 Å². The van der Waals surface area contributed by atoms with Gasteiger partial charge in [-0.2, -0.15) is 149 Å². The minimum absolute atomic E-state index is 0.317. The van der Waals surface area contributed by atoms with E-state index in [1.54, 1.807) is 0 Å².